The number of halogens is 2. The smallest absolute Gasteiger partial charge is 0.138 e. The van der Waals surface area contributed by atoms with Gasteiger partial charge >= 0.3 is 0 Å². The lowest BCUT2D eigenvalue weighted by Gasteiger charge is -2.04. The Labute approximate surface area is 120 Å². The normalized spacial score (nSPS) is 12.8. The first kappa shape index (κ1) is 13.6. The Balaban J connectivity index is 2.39. The molecule has 0 fully saturated rings. The Kier molecular flexibility index (Phi) is 3.13. The van der Waals surface area contributed by atoms with Crippen molar-refractivity contribution in [2.45, 2.75) is 13.8 Å². The van der Waals surface area contributed by atoms with Crippen molar-refractivity contribution in [3.05, 3.63) is 69.8 Å². The standard InChI is InChI=1S/C18H14F2O/c1-10-4-5-13(19)8-16(10)12(3)18-11(2)15-7-6-14(20)9-17(15)21-18/h4-9H,2H2,1,3H3/b18-12+. The molecule has 3 aromatic rings. The fourth-order valence-electron chi connectivity index (χ4n) is 2.55. The first-order valence-corrected chi connectivity index (χ1v) is 6.62. The Morgan fingerprint density at radius 1 is 1.05 bits per heavy atom. The van der Waals surface area contributed by atoms with Crippen molar-refractivity contribution in [2.75, 3.05) is 0 Å². The Hall–Kier alpha value is -2.42. The van der Waals surface area contributed by atoms with Crippen molar-refractivity contribution in [2.24, 2.45) is 0 Å². The molecule has 1 nitrogen and oxygen atoms in total. The van der Waals surface area contributed by atoms with E-state index in [0.717, 1.165) is 22.1 Å². The third-order valence-electron chi connectivity index (χ3n) is 3.70. The third-order valence-corrected chi connectivity index (χ3v) is 3.70. The Morgan fingerprint density at radius 2 is 1.71 bits per heavy atom. The summed E-state index contributed by atoms with van der Waals surface area (Å²) in [5.41, 5.74) is 3.50. The van der Waals surface area contributed by atoms with Gasteiger partial charge in [-0.2, -0.15) is 0 Å². The van der Waals surface area contributed by atoms with Crippen LogP contribution in [0.1, 0.15) is 18.1 Å². The number of fused-ring (bicyclic) bond motifs is 1. The van der Waals surface area contributed by atoms with Crippen LogP contribution in [0, 0.1) is 18.6 Å². The van der Waals surface area contributed by atoms with Crippen LogP contribution in [0.3, 0.4) is 0 Å². The monoisotopic (exact) mass is 284 g/mol. The zero-order valence-electron chi connectivity index (χ0n) is 11.8. The SMILES string of the molecule is C=c1/c(=C(/C)c2cc(F)ccc2C)oc2cc(F)ccc12. The van der Waals surface area contributed by atoms with Gasteiger partial charge in [0.1, 0.15) is 22.6 Å². The summed E-state index contributed by atoms with van der Waals surface area (Å²) in [4.78, 5) is 0. The lowest BCUT2D eigenvalue weighted by molar-refractivity contribution is 0.565. The highest BCUT2D eigenvalue weighted by Gasteiger charge is 2.09. The minimum atomic E-state index is -0.359. The Morgan fingerprint density at radius 3 is 2.48 bits per heavy atom. The van der Waals surface area contributed by atoms with Gasteiger partial charge in [0, 0.05) is 16.7 Å². The third kappa shape index (κ3) is 2.25. The average Bonchev–Trinajstić information content (AvgIpc) is 2.77. The molecule has 2 aromatic carbocycles. The van der Waals surface area contributed by atoms with Gasteiger partial charge in [0.05, 0.1) is 0 Å². The molecule has 0 atom stereocenters. The summed E-state index contributed by atoms with van der Waals surface area (Å²) in [6, 6.07) is 8.96. The molecular formula is C18H14F2O. The maximum absolute atomic E-state index is 13.5. The molecule has 0 N–H and O–H groups in total. The van der Waals surface area contributed by atoms with Crippen LogP contribution >= 0.6 is 0 Å². The second-order valence-electron chi connectivity index (χ2n) is 5.13. The minimum absolute atomic E-state index is 0.303. The molecule has 106 valence electrons. The first-order chi connectivity index (χ1) is 9.97. The number of benzene rings is 2. The van der Waals surface area contributed by atoms with Crippen molar-refractivity contribution in [1.82, 2.24) is 0 Å². The van der Waals surface area contributed by atoms with Crippen molar-refractivity contribution in [3.63, 3.8) is 0 Å². The van der Waals surface area contributed by atoms with Crippen LogP contribution in [0.5, 0.6) is 0 Å². The molecule has 0 aliphatic heterocycles. The molecule has 0 spiro atoms. The van der Waals surface area contributed by atoms with E-state index in [2.05, 4.69) is 6.58 Å². The second kappa shape index (κ2) is 4.85. The van der Waals surface area contributed by atoms with Gasteiger partial charge in [-0.3, -0.25) is 0 Å². The molecule has 0 bridgehead atoms. The molecule has 0 amide bonds. The van der Waals surface area contributed by atoms with Crippen molar-refractivity contribution in [1.29, 1.82) is 0 Å². The van der Waals surface area contributed by atoms with Crippen LogP contribution in [0.2, 0.25) is 0 Å². The summed E-state index contributed by atoms with van der Waals surface area (Å²) in [7, 11) is 0. The van der Waals surface area contributed by atoms with E-state index in [-0.39, 0.29) is 11.6 Å². The second-order valence-corrected chi connectivity index (χ2v) is 5.13. The molecule has 0 saturated carbocycles. The van der Waals surface area contributed by atoms with E-state index in [1.165, 1.54) is 24.3 Å². The quantitative estimate of drug-likeness (QED) is 0.665. The van der Waals surface area contributed by atoms with Crippen molar-refractivity contribution >= 4 is 23.1 Å². The highest BCUT2D eigenvalue weighted by Crippen LogP contribution is 2.18. The van der Waals surface area contributed by atoms with E-state index in [4.69, 9.17) is 4.42 Å². The number of hydrogen-bond donors (Lipinski definition) is 0. The molecule has 0 saturated heterocycles. The molecule has 3 rings (SSSR count). The molecule has 1 aromatic heterocycles. The van der Waals surface area contributed by atoms with E-state index < -0.39 is 0 Å². The predicted octanol–water partition coefficient (Wildman–Crippen LogP) is 3.65. The summed E-state index contributed by atoms with van der Waals surface area (Å²) < 4.78 is 32.5. The Bertz CT molecular complexity index is 951. The molecule has 21 heavy (non-hydrogen) atoms. The predicted molar refractivity (Wildman–Crippen MR) is 80.3 cm³/mol. The average molecular weight is 284 g/mol. The van der Waals surface area contributed by atoms with Gasteiger partial charge in [0.25, 0.3) is 0 Å². The van der Waals surface area contributed by atoms with Crippen molar-refractivity contribution in [3.8, 4) is 0 Å². The van der Waals surface area contributed by atoms with E-state index in [9.17, 15) is 8.78 Å². The van der Waals surface area contributed by atoms with Gasteiger partial charge in [0.15, 0.2) is 0 Å². The first-order valence-electron chi connectivity index (χ1n) is 6.62. The minimum Gasteiger partial charge on any atom is -0.456 e. The van der Waals surface area contributed by atoms with Gasteiger partial charge in [-0.1, -0.05) is 12.6 Å². The molecular weight excluding hydrogens is 270 g/mol. The number of rotatable bonds is 1. The van der Waals surface area contributed by atoms with Crippen LogP contribution in [0.15, 0.2) is 40.8 Å². The number of aryl methyl sites for hydroxylation is 1. The van der Waals surface area contributed by atoms with Gasteiger partial charge in [0.2, 0.25) is 0 Å². The number of furan rings is 1. The van der Waals surface area contributed by atoms with Crippen LogP contribution in [0.25, 0.3) is 23.1 Å². The zero-order chi connectivity index (χ0) is 15.1. The number of hydrogen-bond acceptors (Lipinski definition) is 1. The molecule has 1 heterocycles. The van der Waals surface area contributed by atoms with Crippen LogP contribution in [0.4, 0.5) is 8.78 Å². The van der Waals surface area contributed by atoms with Gasteiger partial charge in [-0.15, -0.1) is 0 Å². The van der Waals surface area contributed by atoms with Gasteiger partial charge < -0.3 is 4.42 Å². The van der Waals surface area contributed by atoms with Crippen LogP contribution < -0.4 is 10.6 Å². The lowest BCUT2D eigenvalue weighted by atomic mass is 10.0. The largest absolute Gasteiger partial charge is 0.456 e. The highest BCUT2D eigenvalue weighted by molar-refractivity contribution is 5.79. The summed E-state index contributed by atoms with van der Waals surface area (Å²) in [6.07, 6.45) is 0. The maximum Gasteiger partial charge on any atom is 0.138 e. The van der Waals surface area contributed by atoms with E-state index in [1.807, 2.05) is 13.8 Å². The molecule has 0 aliphatic rings. The fourth-order valence-corrected chi connectivity index (χ4v) is 2.55. The summed E-state index contributed by atoms with van der Waals surface area (Å²) >= 11 is 0. The molecule has 0 aliphatic carbocycles. The zero-order valence-corrected chi connectivity index (χ0v) is 11.8. The van der Waals surface area contributed by atoms with Crippen molar-refractivity contribution < 1.29 is 13.2 Å². The fraction of sp³-hybridized carbons (Fsp3) is 0.111. The van der Waals surface area contributed by atoms with Gasteiger partial charge in [-0.25, -0.2) is 8.78 Å². The van der Waals surface area contributed by atoms with Crippen LogP contribution in [-0.2, 0) is 0 Å². The molecule has 0 radical (unpaired) electrons. The summed E-state index contributed by atoms with van der Waals surface area (Å²) in [5, 5.41) is 1.45. The van der Waals surface area contributed by atoms with Crippen LogP contribution in [-0.4, -0.2) is 0 Å². The van der Waals surface area contributed by atoms with E-state index in [1.54, 1.807) is 12.1 Å². The lowest BCUT2D eigenvalue weighted by Crippen LogP contribution is -2.21. The van der Waals surface area contributed by atoms with Gasteiger partial charge in [-0.05, 0) is 54.8 Å². The summed E-state index contributed by atoms with van der Waals surface area (Å²) in [6.45, 7) is 7.76. The maximum atomic E-state index is 13.5. The molecule has 0 unspecified atom stereocenters. The van der Waals surface area contributed by atoms with E-state index >= 15 is 0 Å². The van der Waals surface area contributed by atoms with E-state index in [0.29, 0.717) is 16.2 Å². The highest BCUT2D eigenvalue weighted by atomic mass is 19.1. The molecule has 3 heteroatoms. The summed E-state index contributed by atoms with van der Waals surface area (Å²) in [5.74, 6) is -0.662. The topological polar surface area (TPSA) is 13.1 Å².